The van der Waals surface area contributed by atoms with Crippen molar-refractivity contribution in [2.45, 2.75) is 32.6 Å². The van der Waals surface area contributed by atoms with Crippen LogP contribution in [0.1, 0.15) is 32.6 Å². The van der Waals surface area contributed by atoms with Crippen molar-refractivity contribution in [1.82, 2.24) is 4.90 Å². The monoisotopic (exact) mass is 225 g/mol. The van der Waals surface area contributed by atoms with Gasteiger partial charge in [-0.2, -0.15) is 0 Å². The fourth-order valence-corrected chi connectivity index (χ4v) is 3.34. The second kappa shape index (κ2) is 4.44. The Morgan fingerprint density at radius 1 is 1.25 bits per heavy atom. The van der Waals surface area contributed by atoms with Gasteiger partial charge < -0.3 is 10.0 Å². The molecule has 2 aliphatic rings. The molecule has 90 valence electrons. The molecule has 1 amide bonds. The van der Waals surface area contributed by atoms with Crippen LogP contribution in [0.25, 0.3) is 0 Å². The van der Waals surface area contributed by atoms with E-state index in [0.717, 1.165) is 25.9 Å². The van der Waals surface area contributed by atoms with Crippen LogP contribution in [0.2, 0.25) is 0 Å². The Morgan fingerprint density at radius 2 is 1.81 bits per heavy atom. The Balaban J connectivity index is 2.07. The fourth-order valence-electron chi connectivity index (χ4n) is 3.34. The van der Waals surface area contributed by atoms with E-state index in [1.54, 1.807) is 6.92 Å². The maximum atomic E-state index is 11.4. The van der Waals surface area contributed by atoms with Crippen LogP contribution in [0.5, 0.6) is 0 Å². The van der Waals surface area contributed by atoms with E-state index in [9.17, 15) is 9.59 Å². The summed E-state index contributed by atoms with van der Waals surface area (Å²) in [6.45, 7) is 3.14. The first-order chi connectivity index (χ1) is 7.58. The first-order valence-corrected chi connectivity index (χ1v) is 6.05. The number of carbonyl (C=O) groups excluding carboxylic acids is 1. The molecule has 2 unspecified atom stereocenters. The summed E-state index contributed by atoms with van der Waals surface area (Å²) in [6, 6.07) is 0. The molecule has 0 aromatic carbocycles. The summed E-state index contributed by atoms with van der Waals surface area (Å²) in [6.07, 6.45) is 3.63. The Labute approximate surface area is 95.6 Å². The Kier molecular flexibility index (Phi) is 3.17. The third kappa shape index (κ3) is 2.20. The van der Waals surface area contributed by atoms with Crippen molar-refractivity contribution < 1.29 is 14.7 Å². The van der Waals surface area contributed by atoms with E-state index in [0.29, 0.717) is 17.8 Å². The summed E-state index contributed by atoms with van der Waals surface area (Å²) in [4.78, 5) is 24.1. The Hall–Kier alpha value is -1.06. The number of hydrogen-bond donors (Lipinski definition) is 1. The first kappa shape index (κ1) is 11.4. The summed E-state index contributed by atoms with van der Waals surface area (Å²) in [7, 11) is 0. The van der Waals surface area contributed by atoms with Gasteiger partial charge in [-0.3, -0.25) is 9.59 Å². The van der Waals surface area contributed by atoms with E-state index in [4.69, 9.17) is 5.11 Å². The minimum Gasteiger partial charge on any atom is -0.481 e. The van der Waals surface area contributed by atoms with Gasteiger partial charge in [0.25, 0.3) is 0 Å². The van der Waals surface area contributed by atoms with Crippen molar-refractivity contribution in [1.29, 1.82) is 0 Å². The lowest BCUT2D eigenvalue weighted by atomic mass is 9.67. The number of carboxylic acid groups (broad SMARTS) is 1. The molecule has 1 aliphatic carbocycles. The van der Waals surface area contributed by atoms with Crippen molar-refractivity contribution in [3.05, 3.63) is 0 Å². The van der Waals surface area contributed by atoms with Crippen LogP contribution in [0.15, 0.2) is 0 Å². The number of fused-ring (bicyclic) bond motifs is 2. The number of carboxylic acids is 1. The predicted molar refractivity (Wildman–Crippen MR) is 58.8 cm³/mol. The predicted octanol–water partition coefficient (Wildman–Crippen LogP) is 1.36. The molecule has 2 fully saturated rings. The van der Waals surface area contributed by atoms with Gasteiger partial charge in [0.15, 0.2) is 0 Å². The van der Waals surface area contributed by atoms with Crippen LogP contribution in [0.3, 0.4) is 0 Å². The van der Waals surface area contributed by atoms with E-state index in [2.05, 4.69) is 0 Å². The number of aliphatic carboxylic acids is 1. The zero-order valence-corrected chi connectivity index (χ0v) is 9.69. The third-order valence-electron chi connectivity index (χ3n) is 4.13. The van der Waals surface area contributed by atoms with E-state index in [1.807, 2.05) is 4.90 Å². The number of nitrogens with zero attached hydrogens (tertiary/aromatic N) is 1. The zero-order chi connectivity index (χ0) is 11.7. The summed E-state index contributed by atoms with van der Waals surface area (Å²) in [5.41, 5.74) is 0. The minimum atomic E-state index is -0.696. The molecule has 0 spiro atoms. The average molecular weight is 225 g/mol. The highest BCUT2D eigenvalue weighted by atomic mass is 16.4. The summed E-state index contributed by atoms with van der Waals surface area (Å²) >= 11 is 0. The molecule has 0 aromatic heterocycles. The number of likely N-dealkylation sites (tertiary alicyclic amines) is 1. The van der Waals surface area contributed by atoms with Gasteiger partial charge in [-0.05, 0) is 30.6 Å². The number of piperidine rings is 1. The van der Waals surface area contributed by atoms with E-state index in [1.165, 1.54) is 6.42 Å². The van der Waals surface area contributed by atoms with Crippen molar-refractivity contribution in [2.24, 2.45) is 17.8 Å². The molecule has 1 saturated carbocycles. The minimum absolute atomic E-state index is 0.130. The quantitative estimate of drug-likeness (QED) is 0.772. The van der Waals surface area contributed by atoms with Crippen molar-refractivity contribution in [3.8, 4) is 0 Å². The van der Waals surface area contributed by atoms with Gasteiger partial charge >= 0.3 is 5.97 Å². The number of hydrogen-bond acceptors (Lipinski definition) is 2. The van der Waals surface area contributed by atoms with Crippen LogP contribution < -0.4 is 0 Å². The lowest BCUT2D eigenvalue weighted by Gasteiger charge is -2.46. The SMILES string of the molecule is CC(=O)N1CC2CCCC(C1)C2CC(=O)O. The van der Waals surface area contributed by atoms with E-state index in [-0.39, 0.29) is 12.3 Å². The molecule has 1 N–H and O–H groups in total. The molecule has 16 heavy (non-hydrogen) atoms. The highest BCUT2D eigenvalue weighted by Crippen LogP contribution is 2.41. The highest BCUT2D eigenvalue weighted by molar-refractivity contribution is 5.73. The van der Waals surface area contributed by atoms with Crippen molar-refractivity contribution in [3.63, 3.8) is 0 Å². The van der Waals surface area contributed by atoms with Crippen LogP contribution in [0, 0.1) is 17.8 Å². The molecule has 0 radical (unpaired) electrons. The van der Waals surface area contributed by atoms with Gasteiger partial charge in [-0.15, -0.1) is 0 Å². The molecule has 2 atom stereocenters. The van der Waals surface area contributed by atoms with Crippen LogP contribution >= 0.6 is 0 Å². The molecule has 4 heteroatoms. The van der Waals surface area contributed by atoms with E-state index < -0.39 is 5.97 Å². The lowest BCUT2D eigenvalue weighted by Crippen LogP contribution is -2.50. The summed E-state index contributed by atoms with van der Waals surface area (Å²) in [5.74, 6) is 0.547. The molecule has 0 aromatic rings. The first-order valence-electron chi connectivity index (χ1n) is 6.05. The van der Waals surface area contributed by atoms with Gasteiger partial charge in [-0.1, -0.05) is 6.42 Å². The van der Waals surface area contributed by atoms with Crippen LogP contribution in [0.4, 0.5) is 0 Å². The second-order valence-corrected chi connectivity index (χ2v) is 5.14. The zero-order valence-electron chi connectivity index (χ0n) is 9.69. The summed E-state index contributed by atoms with van der Waals surface area (Å²) < 4.78 is 0. The molecule has 1 aliphatic heterocycles. The van der Waals surface area contributed by atoms with Gasteiger partial charge in [0.2, 0.25) is 5.91 Å². The van der Waals surface area contributed by atoms with Crippen molar-refractivity contribution >= 4 is 11.9 Å². The molecule has 2 rings (SSSR count). The lowest BCUT2D eigenvalue weighted by molar-refractivity contribution is -0.142. The summed E-state index contributed by atoms with van der Waals surface area (Å²) in [5, 5.41) is 8.92. The van der Waals surface area contributed by atoms with Gasteiger partial charge in [0.05, 0.1) is 0 Å². The van der Waals surface area contributed by atoms with Gasteiger partial charge in [-0.25, -0.2) is 0 Å². The topological polar surface area (TPSA) is 57.6 Å². The normalized spacial score (nSPS) is 33.6. The third-order valence-corrected chi connectivity index (χ3v) is 4.13. The molecule has 2 bridgehead atoms. The molecule has 1 heterocycles. The fraction of sp³-hybridized carbons (Fsp3) is 0.833. The average Bonchev–Trinajstić information content (AvgIpc) is 2.15. The molecular formula is C12H19NO3. The highest BCUT2D eigenvalue weighted by Gasteiger charge is 2.40. The number of rotatable bonds is 2. The Bertz CT molecular complexity index is 289. The number of carbonyl (C=O) groups is 2. The van der Waals surface area contributed by atoms with E-state index >= 15 is 0 Å². The molecule has 4 nitrogen and oxygen atoms in total. The van der Waals surface area contributed by atoms with Crippen LogP contribution in [-0.2, 0) is 9.59 Å². The standard InChI is InChI=1S/C12H19NO3/c1-8(14)13-6-9-3-2-4-10(7-13)11(9)5-12(15)16/h9-11H,2-7H2,1H3,(H,15,16). The van der Waals surface area contributed by atoms with Gasteiger partial charge in [0, 0.05) is 26.4 Å². The largest absolute Gasteiger partial charge is 0.481 e. The second-order valence-electron chi connectivity index (χ2n) is 5.14. The van der Waals surface area contributed by atoms with Gasteiger partial charge in [0.1, 0.15) is 0 Å². The maximum Gasteiger partial charge on any atom is 0.303 e. The van der Waals surface area contributed by atoms with Crippen molar-refractivity contribution in [2.75, 3.05) is 13.1 Å². The maximum absolute atomic E-state index is 11.4. The van der Waals surface area contributed by atoms with Crippen LogP contribution in [-0.4, -0.2) is 35.0 Å². The Morgan fingerprint density at radius 3 is 2.25 bits per heavy atom. The number of amides is 1. The molecular weight excluding hydrogens is 206 g/mol. The smallest absolute Gasteiger partial charge is 0.303 e. The molecule has 1 saturated heterocycles.